The molecule has 0 saturated carbocycles. The van der Waals surface area contributed by atoms with Gasteiger partial charge in [-0.05, 0) is 42.0 Å². The smallest absolute Gasteiger partial charge is 0.260 e. The summed E-state index contributed by atoms with van der Waals surface area (Å²) in [6.07, 6.45) is 1.00. The Kier molecular flexibility index (Phi) is 4.88. The lowest BCUT2D eigenvalue weighted by Gasteiger charge is -2.19. The molecule has 4 heteroatoms. The molecule has 0 radical (unpaired) electrons. The summed E-state index contributed by atoms with van der Waals surface area (Å²) in [6, 6.07) is 7.97. The molecule has 4 nitrogen and oxygen atoms in total. The normalized spacial score (nSPS) is 18.9. The molecule has 0 aliphatic carbocycles. The predicted octanol–water partition coefficient (Wildman–Crippen LogP) is 2.17. The summed E-state index contributed by atoms with van der Waals surface area (Å²) in [4.78, 5) is 13.9. The fraction of sp³-hybridized carbons (Fsp3) is 0.588. The van der Waals surface area contributed by atoms with Crippen molar-refractivity contribution in [1.29, 1.82) is 0 Å². The van der Waals surface area contributed by atoms with Gasteiger partial charge in [0.1, 0.15) is 5.75 Å². The molecule has 1 aliphatic heterocycles. The number of likely N-dealkylation sites (tertiary alicyclic amines) is 1. The SMILES string of the molecule is CC(C)(C)c1ccc(OCC(=O)N2CC[C@H](CN)C2)cc1. The first-order chi connectivity index (χ1) is 9.90. The standard InChI is InChI=1S/C17H26N2O2/c1-17(2,3)14-4-6-15(7-5-14)21-12-16(20)19-9-8-13(10-18)11-19/h4-7,13H,8-12,18H2,1-3H3/t13-/m1/s1. The Bertz CT molecular complexity index is 477. The minimum Gasteiger partial charge on any atom is -0.484 e. The number of nitrogens with two attached hydrogens (primary N) is 1. The van der Waals surface area contributed by atoms with Crippen LogP contribution in [0.2, 0.25) is 0 Å². The van der Waals surface area contributed by atoms with Gasteiger partial charge in [0, 0.05) is 13.1 Å². The van der Waals surface area contributed by atoms with E-state index in [9.17, 15) is 4.79 Å². The monoisotopic (exact) mass is 290 g/mol. The van der Waals surface area contributed by atoms with E-state index in [1.807, 2.05) is 17.0 Å². The second-order valence-electron chi connectivity index (χ2n) is 6.79. The lowest BCUT2D eigenvalue weighted by molar-refractivity contribution is -0.132. The average Bonchev–Trinajstić information content (AvgIpc) is 2.93. The average molecular weight is 290 g/mol. The number of hydrogen-bond donors (Lipinski definition) is 1. The minimum absolute atomic E-state index is 0.0471. The number of ether oxygens (including phenoxy) is 1. The molecule has 1 saturated heterocycles. The van der Waals surface area contributed by atoms with Crippen LogP contribution < -0.4 is 10.5 Å². The van der Waals surface area contributed by atoms with Gasteiger partial charge in [0.2, 0.25) is 0 Å². The summed E-state index contributed by atoms with van der Waals surface area (Å²) >= 11 is 0. The van der Waals surface area contributed by atoms with Crippen molar-refractivity contribution in [3.8, 4) is 5.75 Å². The molecule has 116 valence electrons. The Labute approximate surface area is 127 Å². The van der Waals surface area contributed by atoms with E-state index < -0.39 is 0 Å². The van der Waals surface area contributed by atoms with Crippen molar-refractivity contribution in [3.63, 3.8) is 0 Å². The van der Waals surface area contributed by atoms with Crippen LogP contribution in [0.4, 0.5) is 0 Å². The van der Waals surface area contributed by atoms with Crippen LogP contribution in [0.1, 0.15) is 32.8 Å². The molecule has 0 spiro atoms. The Balaban J connectivity index is 1.84. The maximum Gasteiger partial charge on any atom is 0.260 e. The Morgan fingerprint density at radius 1 is 1.33 bits per heavy atom. The molecule has 1 aromatic rings. The zero-order valence-corrected chi connectivity index (χ0v) is 13.3. The molecule has 0 unspecified atom stereocenters. The van der Waals surface area contributed by atoms with Crippen LogP contribution >= 0.6 is 0 Å². The number of amides is 1. The molecular formula is C17H26N2O2. The highest BCUT2D eigenvalue weighted by Crippen LogP contribution is 2.24. The Hall–Kier alpha value is -1.55. The zero-order valence-electron chi connectivity index (χ0n) is 13.3. The molecule has 1 aromatic carbocycles. The number of nitrogens with zero attached hydrogens (tertiary/aromatic N) is 1. The molecule has 2 N–H and O–H groups in total. The highest BCUT2D eigenvalue weighted by molar-refractivity contribution is 5.78. The van der Waals surface area contributed by atoms with E-state index in [4.69, 9.17) is 10.5 Å². The van der Waals surface area contributed by atoms with Gasteiger partial charge in [-0.25, -0.2) is 0 Å². The van der Waals surface area contributed by atoms with Gasteiger partial charge in [0.25, 0.3) is 5.91 Å². The van der Waals surface area contributed by atoms with Crippen LogP contribution in [0.25, 0.3) is 0 Å². The topological polar surface area (TPSA) is 55.6 Å². The molecule has 1 amide bonds. The van der Waals surface area contributed by atoms with Crippen molar-refractivity contribution in [2.75, 3.05) is 26.2 Å². The molecule has 2 rings (SSSR count). The third-order valence-corrected chi connectivity index (χ3v) is 4.05. The minimum atomic E-state index is 0.0471. The van der Waals surface area contributed by atoms with E-state index in [-0.39, 0.29) is 17.9 Å². The van der Waals surface area contributed by atoms with Crippen molar-refractivity contribution in [2.45, 2.75) is 32.6 Å². The van der Waals surface area contributed by atoms with Crippen LogP contribution in [0, 0.1) is 5.92 Å². The zero-order chi connectivity index (χ0) is 15.5. The summed E-state index contributed by atoms with van der Waals surface area (Å²) < 4.78 is 5.59. The van der Waals surface area contributed by atoms with Crippen molar-refractivity contribution in [2.24, 2.45) is 11.7 Å². The van der Waals surface area contributed by atoms with E-state index in [1.165, 1.54) is 5.56 Å². The number of benzene rings is 1. The number of carbonyl (C=O) groups is 1. The molecule has 1 fully saturated rings. The summed E-state index contributed by atoms with van der Waals surface area (Å²) in [5.41, 5.74) is 7.02. The summed E-state index contributed by atoms with van der Waals surface area (Å²) in [6.45, 7) is 8.84. The fourth-order valence-corrected chi connectivity index (χ4v) is 2.54. The lowest BCUT2D eigenvalue weighted by atomic mass is 9.87. The number of carbonyl (C=O) groups excluding carboxylic acids is 1. The van der Waals surface area contributed by atoms with E-state index in [0.29, 0.717) is 12.5 Å². The molecule has 1 atom stereocenters. The molecule has 1 heterocycles. The largest absolute Gasteiger partial charge is 0.484 e. The molecule has 1 aliphatic rings. The maximum atomic E-state index is 12.1. The number of hydrogen-bond acceptors (Lipinski definition) is 3. The van der Waals surface area contributed by atoms with E-state index in [2.05, 4.69) is 32.9 Å². The Morgan fingerprint density at radius 3 is 2.52 bits per heavy atom. The van der Waals surface area contributed by atoms with Gasteiger partial charge in [-0.3, -0.25) is 4.79 Å². The highest BCUT2D eigenvalue weighted by atomic mass is 16.5. The summed E-state index contributed by atoms with van der Waals surface area (Å²) in [5, 5.41) is 0. The molecule has 0 bridgehead atoms. The van der Waals surface area contributed by atoms with Gasteiger partial charge in [-0.1, -0.05) is 32.9 Å². The summed E-state index contributed by atoms with van der Waals surface area (Å²) in [5.74, 6) is 1.23. The quantitative estimate of drug-likeness (QED) is 0.924. The van der Waals surface area contributed by atoms with Gasteiger partial charge in [-0.15, -0.1) is 0 Å². The van der Waals surface area contributed by atoms with Crippen LogP contribution in [0.5, 0.6) is 5.75 Å². The van der Waals surface area contributed by atoms with Crippen molar-refractivity contribution < 1.29 is 9.53 Å². The predicted molar refractivity (Wildman–Crippen MR) is 84.4 cm³/mol. The second kappa shape index (κ2) is 6.48. The van der Waals surface area contributed by atoms with Gasteiger partial charge in [-0.2, -0.15) is 0 Å². The van der Waals surface area contributed by atoms with Crippen LogP contribution in [0.15, 0.2) is 24.3 Å². The molecular weight excluding hydrogens is 264 g/mol. The van der Waals surface area contributed by atoms with E-state index in [1.54, 1.807) is 0 Å². The van der Waals surface area contributed by atoms with Crippen molar-refractivity contribution in [1.82, 2.24) is 4.90 Å². The Morgan fingerprint density at radius 2 is 2.00 bits per heavy atom. The second-order valence-corrected chi connectivity index (χ2v) is 6.79. The van der Waals surface area contributed by atoms with Crippen LogP contribution in [-0.2, 0) is 10.2 Å². The first kappa shape index (κ1) is 15.8. The lowest BCUT2D eigenvalue weighted by Crippen LogP contribution is -2.33. The van der Waals surface area contributed by atoms with E-state index >= 15 is 0 Å². The fourth-order valence-electron chi connectivity index (χ4n) is 2.54. The molecule has 0 aromatic heterocycles. The first-order valence-corrected chi connectivity index (χ1v) is 7.61. The van der Waals surface area contributed by atoms with Crippen molar-refractivity contribution in [3.05, 3.63) is 29.8 Å². The van der Waals surface area contributed by atoms with Crippen molar-refractivity contribution >= 4 is 5.91 Å². The highest BCUT2D eigenvalue weighted by Gasteiger charge is 2.25. The maximum absolute atomic E-state index is 12.1. The first-order valence-electron chi connectivity index (χ1n) is 7.61. The van der Waals surface area contributed by atoms with Gasteiger partial charge < -0.3 is 15.4 Å². The third-order valence-electron chi connectivity index (χ3n) is 4.05. The molecule has 21 heavy (non-hydrogen) atoms. The third kappa shape index (κ3) is 4.21. The van der Waals surface area contributed by atoms with E-state index in [0.717, 1.165) is 25.3 Å². The van der Waals surface area contributed by atoms with Crippen LogP contribution in [0.3, 0.4) is 0 Å². The van der Waals surface area contributed by atoms with Gasteiger partial charge >= 0.3 is 0 Å². The summed E-state index contributed by atoms with van der Waals surface area (Å²) in [7, 11) is 0. The van der Waals surface area contributed by atoms with Crippen LogP contribution in [-0.4, -0.2) is 37.0 Å². The van der Waals surface area contributed by atoms with Gasteiger partial charge in [0.15, 0.2) is 6.61 Å². The number of rotatable bonds is 4. The van der Waals surface area contributed by atoms with Gasteiger partial charge in [0.05, 0.1) is 0 Å².